The number of amides is 1. The number of nitrogens with zero attached hydrogens (tertiary/aromatic N) is 1. The predicted molar refractivity (Wildman–Crippen MR) is 87.7 cm³/mol. The van der Waals surface area contributed by atoms with Gasteiger partial charge in [0.2, 0.25) is 5.91 Å². The molecule has 1 aliphatic carbocycles. The Hall–Kier alpha value is -2.21. The van der Waals surface area contributed by atoms with Crippen LogP contribution in [0.5, 0.6) is 0 Å². The maximum atomic E-state index is 12.5. The molecule has 1 atom stereocenters. The van der Waals surface area contributed by atoms with Crippen LogP contribution in [0.25, 0.3) is 0 Å². The van der Waals surface area contributed by atoms with Crippen molar-refractivity contribution in [1.29, 1.82) is 0 Å². The van der Waals surface area contributed by atoms with Crippen LogP contribution in [0.4, 0.5) is 0 Å². The van der Waals surface area contributed by atoms with E-state index >= 15 is 0 Å². The van der Waals surface area contributed by atoms with Crippen molar-refractivity contribution >= 4 is 23.2 Å². The van der Waals surface area contributed by atoms with Crippen molar-refractivity contribution in [2.45, 2.75) is 25.2 Å². The van der Waals surface area contributed by atoms with E-state index in [1.807, 2.05) is 30.3 Å². The molecule has 2 N–H and O–H groups in total. The Morgan fingerprint density at radius 2 is 2.04 bits per heavy atom. The number of rotatable bonds is 7. The second-order valence-corrected chi connectivity index (χ2v) is 6.64. The number of hydrogen-bond donors (Lipinski definition) is 2. The maximum absolute atomic E-state index is 12.5. The van der Waals surface area contributed by atoms with Crippen LogP contribution in [-0.2, 0) is 11.2 Å². The van der Waals surface area contributed by atoms with Gasteiger partial charge in [0.25, 0.3) is 0 Å². The van der Waals surface area contributed by atoms with Gasteiger partial charge in [0.15, 0.2) is 5.69 Å². The highest BCUT2D eigenvalue weighted by Crippen LogP contribution is 2.42. The Morgan fingerprint density at radius 3 is 2.65 bits per heavy atom. The van der Waals surface area contributed by atoms with Crippen LogP contribution >= 0.6 is 11.3 Å². The van der Waals surface area contributed by atoms with Crippen LogP contribution in [0.15, 0.2) is 35.7 Å². The number of aromatic carboxylic acids is 1. The number of benzene rings is 1. The van der Waals surface area contributed by atoms with Gasteiger partial charge in [-0.3, -0.25) is 4.79 Å². The Morgan fingerprint density at radius 1 is 1.30 bits per heavy atom. The van der Waals surface area contributed by atoms with Crippen molar-refractivity contribution in [3.63, 3.8) is 0 Å². The van der Waals surface area contributed by atoms with Crippen LogP contribution < -0.4 is 5.32 Å². The van der Waals surface area contributed by atoms with Crippen LogP contribution in [0, 0.1) is 5.92 Å². The fourth-order valence-electron chi connectivity index (χ4n) is 2.65. The van der Waals surface area contributed by atoms with E-state index in [1.165, 1.54) is 16.7 Å². The Kier molecular flexibility index (Phi) is 4.71. The molecule has 120 valence electrons. The first-order valence-electron chi connectivity index (χ1n) is 7.65. The third-order valence-corrected chi connectivity index (χ3v) is 4.85. The quantitative estimate of drug-likeness (QED) is 0.818. The van der Waals surface area contributed by atoms with Crippen molar-refractivity contribution in [2.24, 2.45) is 5.92 Å². The van der Waals surface area contributed by atoms with Crippen molar-refractivity contribution < 1.29 is 14.7 Å². The molecular weight excluding hydrogens is 312 g/mol. The number of thiazole rings is 1. The minimum Gasteiger partial charge on any atom is -0.476 e. The third kappa shape index (κ3) is 3.96. The number of carbonyl (C=O) groups excluding carboxylic acids is 1. The number of carboxylic acid groups (broad SMARTS) is 1. The lowest BCUT2D eigenvalue weighted by Crippen LogP contribution is -2.32. The summed E-state index contributed by atoms with van der Waals surface area (Å²) in [6.07, 6.45) is 2.75. The largest absolute Gasteiger partial charge is 0.476 e. The van der Waals surface area contributed by atoms with E-state index in [0.717, 1.165) is 23.4 Å². The Bertz CT molecular complexity index is 695. The number of aromatic nitrogens is 1. The molecule has 1 aromatic carbocycles. The molecule has 1 unspecified atom stereocenters. The van der Waals surface area contributed by atoms with E-state index in [-0.39, 0.29) is 17.5 Å². The average Bonchev–Trinajstić information content (AvgIpc) is 3.25. The molecule has 1 fully saturated rings. The Labute approximate surface area is 138 Å². The highest BCUT2D eigenvalue weighted by atomic mass is 32.1. The summed E-state index contributed by atoms with van der Waals surface area (Å²) in [5.41, 5.74) is 1.13. The summed E-state index contributed by atoms with van der Waals surface area (Å²) in [4.78, 5) is 27.3. The molecular formula is C17H18N2O3S. The van der Waals surface area contributed by atoms with Gasteiger partial charge >= 0.3 is 5.97 Å². The summed E-state index contributed by atoms with van der Waals surface area (Å²) in [6.45, 7) is 0.474. The monoisotopic (exact) mass is 330 g/mol. The highest BCUT2D eigenvalue weighted by Gasteiger charge is 2.36. The van der Waals surface area contributed by atoms with E-state index in [9.17, 15) is 9.59 Å². The van der Waals surface area contributed by atoms with E-state index in [0.29, 0.717) is 18.9 Å². The van der Waals surface area contributed by atoms with Crippen molar-refractivity contribution in [3.05, 3.63) is 52.0 Å². The molecule has 0 bridgehead atoms. The van der Waals surface area contributed by atoms with E-state index in [4.69, 9.17) is 5.11 Å². The van der Waals surface area contributed by atoms with E-state index in [1.54, 1.807) is 0 Å². The molecule has 0 saturated heterocycles. The van der Waals surface area contributed by atoms with Crippen LogP contribution in [0.1, 0.15) is 39.8 Å². The van der Waals surface area contributed by atoms with Crippen molar-refractivity contribution in [2.75, 3.05) is 6.54 Å². The lowest BCUT2D eigenvalue weighted by atomic mass is 9.93. The topological polar surface area (TPSA) is 79.3 Å². The summed E-state index contributed by atoms with van der Waals surface area (Å²) < 4.78 is 0. The molecule has 5 nitrogen and oxygen atoms in total. The zero-order chi connectivity index (χ0) is 16.2. The molecule has 23 heavy (non-hydrogen) atoms. The molecule has 0 spiro atoms. The SMILES string of the molecule is O=C(O)c1csc(CCNC(=O)C(c2ccccc2)C2CC2)n1. The normalized spacial score (nSPS) is 15.1. The average molecular weight is 330 g/mol. The molecule has 1 amide bonds. The van der Waals surface area contributed by atoms with Gasteiger partial charge in [-0.05, 0) is 24.3 Å². The minimum atomic E-state index is -1.02. The van der Waals surface area contributed by atoms with Gasteiger partial charge in [-0.25, -0.2) is 9.78 Å². The second kappa shape index (κ2) is 6.91. The van der Waals surface area contributed by atoms with Crippen molar-refractivity contribution in [3.8, 4) is 0 Å². The first kappa shape index (κ1) is 15.7. The van der Waals surface area contributed by atoms with Gasteiger partial charge in [-0.2, -0.15) is 0 Å². The molecule has 0 radical (unpaired) electrons. The lowest BCUT2D eigenvalue weighted by Gasteiger charge is -2.16. The first-order valence-corrected chi connectivity index (χ1v) is 8.53. The summed E-state index contributed by atoms with van der Waals surface area (Å²) >= 11 is 1.31. The second-order valence-electron chi connectivity index (χ2n) is 5.70. The summed E-state index contributed by atoms with van der Waals surface area (Å²) in [5.74, 6) is -0.610. The molecule has 3 rings (SSSR count). The molecule has 0 aliphatic heterocycles. The number of hydrogen-bond acceptors (Lipinski definition) is 4. The molecule has 2 aromatic rings. The Balaban J connectivity index is 1.56. The van der Waals surface area contributed by atoms with Crippen LogP contribution in [0.3, 0.4) is 0 Å². The standard InChI is InChI=1S/C17H18N2O3S/c20-16(15(12-6-7-12)11-4-2-1-3-5-11)18-9-8-14-19-13(10-23-14)17(21)22/h1-5,10,12,15H,6-9H2,(H,18,20)(H,21,22). The third-order valence-electron chi connectivity index (χ3n) is 3.94. The molecule has 1 heterocycles. The fourth-order valence-corrected chi connectivity index (χ4v) is 3.43. The van der Waals surface area contributed by atoms with E-state index < -0.39 is 5.97 Å². The molecule has 1 aliphatic rings. The van der Waals surface area contributed by atoms with Crippen LogP contribution in [0.2, 0.25) is 0 Å². The highest BCUT2D eigenvalue weighted by molar-refractivity contribution is 7.09. The van der Waals surface area contributed by atoms with Gasteiger partial charge in [0, 0.05) is 18.3 Å². The first-order chi connectivity index (χ1) is 11.1. The van der Waals surface area contributed by atoms with Gasteiger partial charge in [-0.1, -0.05) is 30.3 Å². The van der Waals surface area contributed by atoms with Crippen molar-refractivity contribution in [1.82, 2.24) is 10.3 Å². The van der Waals surface area contributed by atoms with Gasteiger partial charge in [-0.15, -0.1) is 11.3 Å². The molecule has 1 saturated carbocycles. The smallest absolute Gasteiger partial charge is 0.355 e. The van der Waals surface area contributed by atoms with Gasteiger partial charge in [0.1, 0.15) is 0 Å². The summed E-state index contributed by atoms with van der Waals surface area (Å²) in [7, 11) is 0. The summed E-state index contributed by atoms with van der Waals surface area (Å²) in [6, 6.07) is 9.88. The van der Waals surface area contributed by atoms with E-state index in [2.05, 4.69) is 10.3 Å². The number of nitrogens with one attached hydrogen (secondary N) is 1. The number of carbonyl (C=O) groups is 2. The number of carboxylic acids is 1. The maximum Gasteiger partial charge on any atom is 0.355 e. The van der Waals surface area contributed by atoms with Gasteiger partial charge < -0.3 is 10.4 Å². The fraction of sp³-hybridized carbons (Fsp3) is 0.353. The summed E-state index contributed by atoms with van der Waals surface area (Å²) in [5, 5.41) is 14.1. The van der Waals surface area contributed by atoms with Crippen LogP contribution in [-0.4, -0.2) is 28.5 Å². The zero-order valence-electron chi connectivity index (χ0n) is 12.6. The lowest BCUT2D eigenvalue weighted by molar-refractivity contribution is -0.123. The zero-order valence-corrected chi connectivity index (χ0v) is 13.4. The van der Waals surface area contributed by atoms with Gasteiger partial charge in [0.05, 0.1) is 10.9 Å². The predicted octanol–water partition coefficient (Wildman–Crippen LogP) is 2.69. The molecule has 1 aromatic heterocycles. The molecule has 6 heteroatoms. The minimum absolute atomic E-state index is 0.0497.